The molecule has 0 saturated heterocycles. The molecule has 3 aromatic carbocycles. The highest BCUT2D eigenvalue weighted by molar-refractivity contribution is 7.98. The number of nitrogens with zero attached hydrogens (tertiary/aromatic N) is 3. The van der Waals surface area contributed by atoms with E-state index in [0.717, 1.165) is 33.8 Å². The Morgan fingerprint density at radius 1 is 1.00 bits per heavy atom. The van der Waals surface area contributed by atoms with Crippen LogP contribution in [0.25, 0.3) is 16.7 Å². The van der Waals surface area contributed by atoms with Gasteiger partial charge in [0.05, 0.1) is 6.61 Å². The molecule has 0 atom stereocenters. The lowest BCUT2D eigenvalue weighted by Crippen LogP contribution is -2.04. The van der Waals surface area contributed by atoms with Gasteiger partial charge in [-0.25, -0.2) is 4.79 Å². The average molecular weight is 486 g/mol. The van der Waals surface area contributed by atoms with Gasteiger partial charge >= 0.3 is 5.63 Å². The van der Waals surface area contributed by atoms with Crippen molar-refractivity contribution in [3.05, 3.63) is 106 Å². The van der Waals surface area contributed by atoms with E-state index >= 15 is 0 Å². The molecule has 176 valence electrons. The maximum absolute atomic E-state index is 12.1. The molecule has 0 aliphatic carbocycles. The first-order valence-corrected chi connectivity index (χ1v) is 12.2. The summed E-state index contributed by atoms with van der Waals surface area (Å²) in [7, 11) is 0. The summed E-state index contributed by atoms with van der Waals surface area (Å²) in [6.07, 6.45) is 0.624. The van der Waals surface area contributed by atoms with E-state index in [0.29, 0.717) is 29.5 Å². The lowest BCUT2D eigenvalue weighted by Gasteiger charge is -2.12. The molecular formula is C27H23N3O4S. The van der Waals surface area contributed by atoms with Crippen molar-refractivity contribution in [2.24, 2.45) is 0 Å². The van der Waals surface area contributed by atoms with Gasteiger partial charge in [-0.15, -0.1) is 10.2 Å². The predicted molar refractivity (Wildman–Crippen MR) is 135 cm³/mol. The van der Waals surface area contributed by atoms with E-state index in [9.17, 15) is 9.90 Å². The number of benzene rings is 3. The molecule has 0 spiro atoms. The van der Waals surface area contributed by atoms with E-state index < -0.39 is 5.63 Å². The van der Waals surface area contributed by atoms with Gasteiger partial charge in [-0.3, -0.25) is 4.57 Å². The summed E-state index contributed by atoms with van der Waals surface area (Å²) in [5.74, 6) is 2.14. The number of aromatic nitrogens is 3. The van der Waals surface area contributed by atoms with E-state index in [1.165, 1.54) is 23.9 Å². The lowest BCUT2D eigenvalue weighted by molar-refractivity contribution is 0.340. The van der Waals surface area contributed by atoms with Crippen molar-refractivity contribution in [2.45, 2.75) is 24.3 Å². The monoisotopic (exact) mass is 485 g/mol. The van der Waals surface area contributed by atoms with Crippen molar-refractivity contribution in [1.82, 2.24) is 14.8 Å². The van der Waals surface area contributed by atoms with Gasteiger partial charge in [0.2, 0.25) is 0 Å². The molecule has 5 aromatic rings. The van der Waals surface area contributed by atoms with Crippen LogP contribution in [-0.2, 0) is 12.2 Å². The van der Waals surface area contributed by atoms with Crippen molar-refractivity contribution < 1.29 is 14.3 Å². The van der Waals surface area contributed by atoms with Crippen molar-refractivity contribution in [2.75, 3.05) is 6.61 Å². The predicted octanol–water partition coefficient (Wildman–Crippen LogP) is 5.36. The van der Waals surface area contributed by atoms with Crippen LogP contribution in [0.4, 0.5) is 0 Å². The van der Waals surface area contributed by atoms with E-state index in [1.54, 1.807) is 12.1 Å². The van der Waals surface area contributed by atoms with Crippen molar-refractivity contribution in [3.8, 4) is 17.2 Å². The minimum absolute atomic E-state index is 0.0475. The molecule has 0 aliphatic rings. The van der Waals surface area contributed by atoms with Gasteiger partial charge in [-0.1, -0.05) is 42.1 Å². The molecule has 8 heteroatoms. The van der Waals surface area contributed by atoms with E-state index in [-0.39, 0.29) is 5.75 Å². The number of ether oxygens (including phenoxy) is 1. The molecular weight excluding hydrogens is 462 g/mol. The van der Waals surface area contributed by atoms with Crippen LogP contribution in [0.15, 0.2) is 93.2 Å². The number of rotatable bonds is 8. The molecule has 0 fully saturated rings. The van der Waals surface area contributed by atoms with Gasteiger partial charge in [0, 0.05) is 35.4 Å². The highest BCUT2D eigenvalue weighted by Gasteiger charge is 2.17. The molecule has 5 rings (SSSR count). The minimum Gasteiger partial charge on any atom is -0.508 e. The summed E-state index contributed by atoms with van der Waals surface area (Å²) in [5.41, 5.74) is 2.75. The van der Waals surface area contributed by atoms with Crippen molar-refractivity contribution in [3.63, 3.8) is 0 Å². The summed E-state index contributed by atoms with van der Waals surface area (Å²) in [6, 6.07) is 24.2. The Morgan fingerprint density at radius 3 is 2.57 bits per heavy atom. The zero-order valence-electron chi connectivity index (χ0n) is 19.0. The Kier molecular flexibility index (Phi) is 6.54. The number of phenolic OH excluding ortho intramolecular Hbond substituents is 1. The van der Waals surface area contributed by atoms with Crippen LogP contribution >= 0.6 is 11.8 Å². The number of aromatic hydroxyl groups is 1. The fourth-order valence-electron chi connectivity index (χ4n) is 3.88. The molecule has 0 radical (unpaired) electrons. The molecule has 1 N–H and O–H groups in total. The second-order valence-electron chi connectivity index (χ2n) is 7.88. The standard InChI is InChI=1S/C27H23N3O4S/c1-2-33-22-11-8-20(9-12-22)30-25(14-18-6-4-3-5-7-18)28-29-27(30)35-17-19-15-26(32)34-24-16-21(31)10-13-23(19)24/h3-13,15-16,31H,2,14,17H2,1H3. The lowest BCUT2D eigenvalue weighted by atomic mass is 10.1. The van der Waals surface area contributed by atoms with Crippen molar-refractivity contribution in [1.29, 1.82) is 0 Å². The number of fused-ring (bicyclic) bond motifs is 1. The second kappa shape index (κ2) is 10.1. The Morgan fingerprint density at radius 2 is 1.80 bits per heavy atom. The van der Waals surface area contributed by atoms with Gasteiger partial charge in [-0.05, 0) is 54.4 Å². The number of hydrogen-bond acceptors (Lipinski definition) is 7. The molecule has 0 unspecified atom stereocenters. The number of phenols is 1. The number of thioether (sulfide) groups is 1. The maximum atomic E-state index is 12.1. The van der Waals surface area contributed by atoms with Gasteiger partial charge in [0.15, 0.2) is 5.16 Å². The molecule has 7 nitrogen and oxygen atoms in total. The summed E-state index contributed by atoms with van der Waals surface area (Å²) in [5, 5.41) is 20.2. The van der Waals surface area contributed by atoms with E-state index in [2.05, 4.69) is 22.3 Å². The topological polar surface area (TPSA) is 90.4 Å². The third kappa shape index (κ3) is 5.07. The van der Waals surface area contributed by atoms with Crippen LogP contribution in [0.5, 0.6) is 11.5 Å². The van der Waals surface area contributed by atoms with Crippen LogP contribution in [0.1, 0.15) is 23.9 Å². The summed E-state index contributed by atoms with van der Waals surface area (Å²) < 4.78 is 12.9. The molecule has 2 aromatic heterocycles. The average Bonchev–Trinajstić information content (AvgIpc) is 3.25. The summed E-state index contributed by atoms with van der Waals surface area (Å²) in [6.45, 7) is 2.55. The second-order valence-corrected chi connectivity index (χ2v) is 8.83. The molecule has 0 saturated carbocycles. The first-order chi connectivity index (χ1) is 17.1. The summed E-state index contributed by atoms with van der Waals surface area (Å²) in [4.78, 5) is 12.1. The van der Waals surface area contributed by atoms with Gasteiger partial charge < -0.3 is 14.3 Å². The highest BCUT2D eigenvalue weighted by atomic mass is 32.2. The van der Waals surface area contributed by atoms with Crippen LogP contribution in [-0.4, -0.2) is 26.5 Å². The van der Waals surface area contributed by atoms with E-state index in [1.807, 2.05) is 54.0 Å². The quantitative estimate of drug-likeness (QED) is 0.234. The van der Waals surface area contributed by atoms with Gasteiger partial charge in [0.25, 0.3) is 0 Å². The summed E-state index contributed by atoms with van der Waals surface area (Å²) >= 11 is 1.48. The third-order valence-electron chi connectivity index (χ3n) is 5.48. The molecule has 35 heavy (non-hydrogen) atoms. The molecule has 0 aliphatic heterocycles. The fraction of sp³-hybridized carbons (Fsp3) is 0.148. The molecule has 0 bridgehead atoms. The Balaban J connectivity index is 1.50. The normalized spacial score (nSPS) is 11.1. The van der Waals surface area contributed by atoms with Gasteiger partial charge in [0.1, 0.15) is 22.9 Å². The van der Waals surface area contributed by atoms with Crippen LogP contribution in [0.3, 0.4) is 0 Å². The Bertz CT molecular complexity index is 1510. The Hall–Kier alpha value is -4.04. The molecule has 0 amide bonds. The first-order valence-electron chi connectivity index (χ1n) is 11.2. The van der Waals surface area contributed by atoms with Gasteiger partial charge in [-0.2, -0.15) is 0 Å². The smallest absolute Gasteiger partial charge is 0.336 e. The van der Waals surface area contributed by atoms with Crippen LogP contribution in [0, 0.1) is 0 Å². The van der Waals surface area contributed by atoms with E-state index in [4.69, 9.17) is 9.15 Å². The third-order valence-corrected chi connectivity index (χ3v) is 6.46. The highest BCUT2D eigenvalue weighted by Crippen LogP contribution is 2.30. The fourth-order valence-corrected chi connectivity index (χ4v) is 4.85. The Labute approximate surface area is 206 Å². The minimum atomic E-state index is -0.462. The largest absolute Gasteiger partial charge is 0.508 e. The van der Waals surface area contributed by atoms with Crippen LogP contribution in [0.2, 0.25) is 0 Å². The van der Waals surface area contributed by atoms with Crippen molar-refractivity contribution >= 4 is 22.7 Å². The maximum Gasteiger partial charge on any atom is 0.336 e. The SMILES string of the molecule is CCOc1ccc(-n2c(Cc3ccccc3)nnc2SCc2cc(=O)oc3cc(O)ccc23)cc1. The van der Waals surface area contributed by atoms with Crippen LogP contribution < -0.4 is 10.4 Å². The zero-order valence-corrected chi connectivity index (χ0v) is 19.9. The first kappa shape index (κ1) is 22.7. The molecule has 2 heterocycles. The number of hydrogen-bond donors (Lipinski definition) is 1. The zero-order chi connectivity index (χ0) is 24.2.